The second-order valence-electron chi connectivity index (χ2n) is 9.73. The van der Waals surface area contributed by atoms with Crippen LogP contribution < -0.4 is 5.32 Å². The molecule has 0 bridgehead atoms. The second kappa shape index (κ2) is 9.66. The summed E-state index contributed by atoms with van der Waals surface area (Å²) >= 11 is 0. The Bertz CT molecular complexity index is 1210. The lowest BCUT2D eigenvalue weighted by Crippen LogP contribution is -2.41. The van der Waals surface area contributed by atoms with Crippen molar-refractivity contribution in [2.75, 3.05) is 25.0 Å². The molecule has 2 amide bonds. The first-order valence-electron chi connectivity index (χ1n) is 11.3. The Morgan fingerprint density at radius 1 is 1.00 bits per heavy atom. The predicted octanol–water partition coefficient (Wildman–Crippen LogP) is 5.21. The highest BCUT2D eigenvalue weighted by atomic mass is 16.5. The van der Waals surface area contributed by atoms with E-state index < -0.39 is 24.5 Å². The highest BCUT2D eigenvalue weighted by Gasteiger charge is 2.30. The topological polar surface area (TPSA) is 109 Å². The van der Waals surface area contributed by atoms with Gasteiger partial charge in [-0.2, -0.15) is 0 Å². The van der Waals surface area contributed by atoms with Crippen molar-refractivity contribution < 1.29 is 28.6 Å². The van der Waals surface area contributed by atoms with Gasteiger partial charge in [0.25, 0.3) is 5.91 Å². The van der Waals surface area contributed by atoms with Crippen LogP contribution in [0.15, 0.2) is 65.3 Å². The minimum Gasteiger partial charge on any atom is -0.480 e. The summed E-state index contributed by atoms with van der Waals surface area (Å²) in [5.74, 6) is -2.01. The van der Waals surface area contributed by atoms with E-state index in [9.17, 15) is 19.5 Å². The van der Waals surface area contributed by atoms with Crippen molar-refractivity contribution in [1.29, 1.82) is 0 Å². The molecule has 0 spiro atoms. The van der Waals surface area contributed by atoms with Gasteiger partial charge in [0.2, 0.25) is 5.76 Å². The molecule has 4 rings (SSSR count). The van der Waals surface area contributed by atoms with Crippen LogP contribution >= 0.6 is 0 Å². The van der Waals surface area contributed by atoms with E-state index in [4.69, 9.17) is 9.15 Å². The van der Waals surface area contributed by atoms with E-state index in [1.54, 1.807) is 0 Å². The van der Waals surface area contributed by atoms with Gasteiger partial charge in [0.15, 0.2) is 0 Å². The van der Waals surface area contributed by atoms with Crippen molar-refractivity contribution >= 4 is 23.7 Å². The predicted molar refractivity (Wildman–Crippen MR) is 130 cm³/mol. The van der Waals surface area contributed by atoms with Crippen LogP contribution in [0.2, 0.25) is 0 Å². The van der Waals surface area contributed by atoms with E-state index in [-0.39, 0.29) is 35.9 Å². The number of ether oxygens (including phenoxy) is 1. The highest BCUT2D eigenvalue weighted by molar-refractivity contribution is 6.01. The lowest BCUT2D eigenvalue weighted by Gasteiger charge is -2.28. The number of hydrogen-bond acceptors (Lipinski definition) is 5. The van der Waals surface area contributed by atoms with Gasteiger partial charge < -0.3 is 19.2 Å². The number of rotatable bonds is 7. The second-order valence-corrected chi connectivity index (χ2v) is 9.73. The van der Waals surface area contributed by atoms with Crippen molar-refractivity contribution in [1.82, 2.24) is 4.90 Å². The number of fused-ring (bicyclic) bond motifs is 3. The summed E-state index contributed by atoms with van der Waals surface area (Å²) in [5.41, 5.74) is 4.21. The molecule has 1 aromatic heterocycles. The summed E-state index contributed by atoms with van der Waals surface area (Å²) < 4.78 is 10.9. The molecule has 8 heteroatoms. The average Bonchev–Trinajstić information content (AvgIpc) is 3.38. The third-order valence-electron chi connectivity index (χ3n) is 5.72. The van der Waals surface area contributed by atoms with E-state index in [0.717, 1.165) is 22.3 Å². The molecule has 0 fully saturated rings. The normalized spacial score (nSPS) is 12.5. The molecule has 2 N–H and O–H groups in total. The number of carbonyl (C=O) groups excluding carboxylic acids is 2. The Morgan fingerprint density at radius 2 is 1.60 bits per heavy atom. The summed E-state index contributed by atoms with van der Waals surface area (Å²) in [6, 6.07) is 17.5. The zero-order valence-corrected chi connectivity index (χ0v) is 19.9. The molecule has 1 heterocycles. The minimum atomic E-state index is -1.14. The Hall–Kier alpha value is -4.07. The van der Waals surface area contributed by atoms with Crippen molar-refractivity contribution in [2.45, 2.75) is 26.7 Å². The molecule has 0 radical (unpaired) electrons. The average molecular weight is 477 g/mol. The van der Waals surface area contributed by atoms with Crippen molar-refractivity contribution in [2.24, 2.45) is 5.41 Å². The number of carboxylic acids is 1. The summed E-state index contributed by atoms with van der Waals surface area (Å²) in [4.78, 5) is 38.2. The Kier molecular flexibility index (Phi) is 6.64. The number of nitrogens with one attached hydrogen (secondary N) is 1. The number of furan rings is 1. The standard InChI is InChI=1S/C27H28N2O6/c1-27(2,3)16-29(14-23(30)31)25(32)24-22(12-13-34-24)28-26(33)35-15-21-19-10-6-4-8-17(19)18-9-5-7-11-20(18)21/h4-13,21H,14-16H2,1-3H3,(H,28,33)(H,30,31). The van der Waals surface area contributed by atoms with E-state index in [1.807, 2.05) is 57.2 Å². The molecule has 0 saturated heterocycles. The van der Waals surface area contributed by atoms with Crippen LogP contribution in [0.5, 0.6) is 0 Å². The Balaban J connectivity index is 1.45. The van der Waals surface area contributed by atoms with Crippen LogP contribution in [0, 0.1) is 5.41 Å². The van der Waals surface area contributed by atoms with Crippen LogP contribution in [0.25, 0.3) is 11.1 Å². The third kappa shape index (κ3) is 5.37. The molecule has 3 aromatic rings. The van der Waals surface area contributed by atoms with Gasteiger partial charge in [-0.15, -0.1) is 0 Å². The van der Waals surface area contributed by atoms with Gasteiger partial charge in [-0.1, -0.05) is 69.3 Å². The molecule has 1 aliphatic carbocycles. The summed E-state index contributed by atoms with van der Waals surface area (Å²) in [7, 11) is 0. The molecule has 0 atom stereocenters. The van der Waals surface area contributed by atoms with Gasteiger partial charge in [-0.25, -0.2) is 4.79 Å². The molecular formula is C27H28N2O6. The zero-order valence-electron chi connectivity index (χ0n) is 19.9. The quantitative estimate of drug-likeness (QED) is 0.484. The SMILES string of the molecule is CC(C)(C)CN(CC(=O)O)C(=O)c1occc1NC(=O)OCC1c2ccccc2-c2ccccc21. The molecule has 1 aliphatic rings. The first kappa shape index (κ1) is 24.1. The molecule has 0 unspecified atom stereocenters. The zero-order chi connectivity index (χ0) is 25.2. The molecule has 182 valence electrons. The van der Waals surface area contributed by atoms with Crippen molar-refractivity contribution in [3.8, 4) is 11.1 Å². The fourth-order valence-electron chi connectivity index (χ4n) is 4.40. The number of nitrogens with zero attached hydrogens (tertiary/aromatic N) is 1. The van der Waals surface area contributed by atoms with Crippen LogP contribution in [0.3, 0.4) is 0 Å². The van der Waals surface area contributed by atoms with Gasteiger partial charge in [0.05, 0.1) is 12.0 Å². The number of carboxylic acid groups (broad SMARTS) is 1. The van der Waals surface area contributed by atoms with Gasteiger partial charge in [0.1, 0.15) is 13.2 Å². The maximum Gasteiger partial charge on any atom is 0.411 e. The molecule has 8 nitrogen and oxygen atoms in total. The van der Waals surface area contributed by atoms with Gasteiger partial charge >= 0.3 is 12.1 Å². The first-order chi connectivity index (χ1) is 16.6. The Morgan fingerprint density at radius 3 is 2.17 bits per heavy atom. The summed E-state index contributed by atoms with van der Waals surface area (Å²) in [6.45, 7) is 5.52. The third-order valence-corrected chi connectivity index (χ3v) is 5.72. The van der Waals surface area contributed by atoms with E-state index >= 15 is 0 Å². The molecule has 0 aliphatic heterocycles. The molecule has 35 heavy (non-hydrogen) atoms. The van der Waals surface area contributed by atoms with Crippen LogP contribution in [0.4, 0.5) is 10.5 Å². The maximum absolute atomic E-state index is 13.0. The molecule has 2 aromatic carbocycles. The van der Waals surface area contributed by atoms with E-state index in [2.05, 4.69) is 17.4 Å². The highest BCUT2D eigenvalue weighted by Crippen LogP contribution is 2.44. The Labute approximate surface area is 203 Å². The number of benzene rings is 2. The largest absolute Gasteiger partial charge is 0.480 e. The van der Waals surface area contributed by atoms with Crippen molar-refractivity contribution in [3.05, 3.63) is 77.7 Å². The van der Waals surface area contributed by atoms with Gasteiger partial charge in [-0.05, 0) is 27.7 Å². The summed E-state index contributed by atoms with van der Waals surface area (Å²) in [6.07, 6.45) is 0.533. The monoisotopic (exact) mass is 476 g/mol. The van der Waals surface area contributed by atoms with Gasteiger partial charge in [-0.3, -0.25) is 14.9 Å². The smallest absolute Gasteiger partial charge is 0.411 e. The first-order valence-corrected chi connectivity index (χ1v) is 11.3. The number of hydrogen-bond donors (Lipinski definition) is 2. The van der Waals surface area contributed by atoms with E-state index in [1.165, 1.54) is 17.2 Å². The molecule has 0 saturated carbocycles. The number of carbonyl (C=O) groups is 3. The maximum atomic E-state index is 13.0. The molecular weight excluding hydrogens is 448 g/mol. The minimum absolute atomic E-state index is 0.101. The van der Waals surface area contributed by atoms with Gasteiger partial charge in [0, 0.05) is 18.5 Å². The van der Waals surface area contributed by atoms with Crippen LogP contribution in [-0.2, 0) is 9.53 Å². The lowest BCUT2D eigenvalue weighted by molar-refractivity contribution is -0.138. The number of anilines is 1. The van der Waals surface area contributed by atoms with E-state index in [0.29, 0.717) is 0 Å². The fourth-order valence-corrected chi connectivity index (χ4v) is 4.40. The lowest BCUT2D eigenvalue weighted by atomic mass is 9.96. The van der Waals surface area contributed by atoms with Crippen molar-refractivity contribution in [3.63, 3.8) is 0 Å². The van der Waals surface area contributed by atoms with Crippen LogP contribution in [-0.4, -0.2) is 47.7 Å². The van der Waals surface area contributed by atoms with Crippen LogP contribution in [0.1, 0.15) is 48.4 Å². The fraction of sp³-hybridized carbons (Fsp3) is 0.296. The summed E-state index contributed by atoms with van der Waals surface area (Å²) in [5, 5.41) is 11.8. The number of aliphatic carboxylic acids is 1. The number of amides is 2.